The van der Waals surface area contributed by atoms with Gasteiger partial charge in [-0.1, -0.05) is 48.5 Å². The van der Waals surface area contributed by atoms with Gasteiger partial charge in [0.2, 0.25) is 12.7 Å². The Hall–Kier alpha value is -4.69. The molecule has 4 atom stereocenters. The number of hydrogen-bond donors (Lipinski definition) is 1. The maximum Gasteiger partial charge on any atom is 0.238 e. The summed E-state index contributed by atoms with van der Waals surface area (Å²) < 4.78 is 11.1. The molecule has 0 saturated carbocycles. The molecule has 0 aliphatic carbocycles. The van der Waals surface area contributed by atoms with Gasteiger partial charge in [0.15, 0.2) is 23.1 Å². The number of Topliss-reactive ketones (excluding diaryl/α,β-unsaturated/α-hetero) is 2. The number of ketones is 2. The molecule has 7 nitrogen and oxygen atoms in total. The van der Waals surface area contributed by atoms with Crippen LogP contribution in [0.5, 0.6) is 11.5 Å². The number of fused-ring (bicyclic) bond motifs is 7. The SMILES string of the molecule is O=C(c1cccs1)C1C(C(=O)c2ccc3c(c2)OCO3)C2(C(=O)Nc3ccccc32)C2c3ccccc3C=CN12. The van der Waals surface area contributed by atoms with Crippen LogP contribution in [0.3, 0.4) is 0 Å². The summed E-state index contributed by atoms with van der Waals surface area (Å²) in [6.45, 7) is 0.0764. The summed E-state index contributed by atoms with van der Waals surface area (Å²) in [5.41, 5.74) is 2.25. The Bertz CT molecular complexity index is 1760. The zero-order valence-corrected chi connectivity index (χ0v) is 21.9. The van der Waals surface area contributed by atoms with Gasteiger partial charge in [-0.3, -0.25) is 14.4 Å². The number of rotatable bonds is 4. The summed E-state index contributed by atoms with van der Waals surface area (Å²) in [5, 5.41) is 4.92. The maximum atomic E-state index is 14.8. The van der Waals surface area contributed by atoms with E-state index in [0.29, 0.717) is 27.6 Å². The van der Waals surface area contributed by atoms with Crippen molar-refractivity contribution in [3.05, 3.63) is 118 Å². The van der Waals surface area contributed by atoms with Crippen molar-refractivity contribution in [2.24, 2.45) is 5.92 Å². The Morgan fingerprint density at radius 3 is 2.62 bits per heavy atom. The van der Waals surface area contributed by atoms with Crippen LogP contribution in [0.15, 0.2) is 90.4 Å². The predicted molar refractivity (Wildman–Crippen MR) is 150 cm³/mol. The lowest BCUT2D eigenvalue weighted by atomic mass is 9.62. The van der Waals surface area contributed by atoms with Gasteiger partial charge < -0.3 is 19.7 Å². The number of carbonyl (C=O) groups is 3. The van der Waals surface area contributed by atoms with Crippen LogP contribution in [0.2, 0.25) is 0 Å². The third kappa shape index (κ3) is 2.96. The molecule has 1 N–H and O–H groups in total. The highest BCUT2D eigenvalue weighted by Crippen LogP contribution is 2.62. The molecule has 1 saturated heterocycles. The van der Waals surface area contributed by atoms with Gasteiger partial charge >= 0.3 is 0 Å². The highest BCUT2D eigenvalue weighted by Gasteiger charge is 2.70. The number of thiophene rings is 1. The van der Waals surface area contributed by atoms with Crippen molar-refractivity contribution in [1.29, 1.82) is 0 Å². The molecule has 4 aliphatic heterocycles. The summed E-state index contributed by atoms with van der Waals surface area (Å²) in [6.07, 6.45) is 3.84. The first-order valence-electron chi connectivity index (χ1n) is 13.1. The van der Waals surface area contributed by atoms with E-state index in [4.69, 9.17) is 9.47 Å². The smallest absolute Gasteiger partial charge is 0.238 e. The molecule has 3 aromatic carbocycles. The Kier molecular flexibility index (Phi) is 4.88. The van der Waals surface area contributed by atoms with Gasteiger partial charge in [0.25, 0.3) is 0 Å². The Morgan fingerprint density at radius 2 is 1.75 bits per heavy atom. The lowest BCUT2D eigenvalue weighted by Gasteiger charge is -2.38. The first-order valence-corrected chi connectivity index (χ1v) is 13.9. The minimum Gasteiger partial charge on any atom is -0.454 e. The van der Waals surface area contributed by atoms with E-state index in [-0.39, 0.29) is 24.3 Å². The Balaban J connectivity index is 1.42. The van der Waals surface area contributed by atoms with Crippen LogP contribution in [0.1, 0.15) is 42.8 Å². The molecule has 0 bridgehead atoms. The molecule has 5 heterocycles. The van der Waals surface area contributed by atoms with Gasteiger partial charge in [0.1, 0.15) is 11.5 Å². The minimum atomic E-state index is -1.36. The van der Waals surface area contributed by atoms with Crippen molar-refractivity contribution in [2.75, 3.05) is 12.1 Å². The van der Waals surface area contributed by atoms with Crippen LogP contribution >= 0.6 is 11.3 Å². The van der Waals surface area contributed by atoms with Gasteiger partial charge in [0, 0.05) is 17.5 Å². The molecule has 0 radical (unpaired) electrons. The average Bonchev–Trinajstić information content (AvgIpc) is 3.78. The number of nitrogens with one attached hydrogen (secondary N) is 1. The number of nitrogens with zero attached hydrogens (tertiary/aromatic N) is 1. The monoisotopic (exact) mass is 546 g/mol. The molecule has 1 amide bonds. The van der Waals surface area contributed by atoms with Gasteiger partial charge in [-0.05, 0) is 58.5 Å². The largest absolute Gasteiger partial charge is 0.454 e. The van der Waals surface area contributed by atoms with Gasteiger partial charge in [-0.15, -0.1) is 11.3 Å². The van der Waals surface area contributed by atoms with Gasteiger partial charge in [-0.2, -0.15) is 0 Å². The fourth-order valence-electron chi connectivity index (χ4n) is 6.96. The number of benzene rings is 3. The number of para-hydroxylation sites is 1. The van der Waals surface area contributed by atoms with E-state index < -0.39 is 23.4 Å². The lowest BCUT2D eigenvalue weighted by Crippen LogP contribution is -2.49. The first-order chi connectivity index (χ1) is 19.6. The van der Waals surface area contributed by atoms with Crippen molar-refractivity contribution in [1.82, 2.24) is 4.90 Å². The Labute approximate surface area is 233 Å². The second-order valence-electron chi connectivity index (χ2n) is 10.4. The molecule has 4 aromatic rings. The van der Waals surface area contributed by atoms with Crippen LogP contribution in [0.4, 0.5) is 5.69 Å². The molecule has 1 spiro atoms. The van der Waals surface area contributed by atoms with Crippen LogP contribution in [-0.2, 0) is 10.2 Å². The molecular formula is C32H22N2O5S. The van der Waals surface area contributed by atoms with Crippen molar-refractivity contribution in [3.63, 3.8) is 0 Å². The zero-order valence-electron chi connectivity index (χ0n) is 21.1. The number of carbonyl (C=O) groups excluding carboxylic acids is 3. The van der Waals surface area contributed by atoms with E-state index in [1.807, 2.05) is 77.2 Å². The van der Waals surface area contributed by atoms with Crippen LogP contribution in [-0.4, -0.2) is 35.2 Å². The molecule has 40 heavy (non-hydrogen) atoms. The highest BCUT2D eigenvalue weighted by atomic mass is 32.1. The zero-order chi connectivity index (χ0) is 27.0. The van der Waals surface area contributed by atoms with Crippen LogP contribution in [0.25, 0.3) is 6.08 Å². The quantitative estimate of drug-likeness (QED) is 0.342. The van der Waals surface area contributed by atoms with E-state index in [1.54, 1.807) is 24.3 Å². The summed E-state index contributed by atoms with van der Waals surface area (Å²) >= 11 is 1.34. The molecule has 1 aromatic heterocycles. The van der Waals surface area contributed by atoms with E-state index in [9.17, 15) is 14.4 Å². The van der Waals surface area contributed by atoms with Gasteiger partial charge in [0.05, 0.1) is 16.8 Å². The normalized spacial score (nSPS) is 24.9. The third-order valence-electron chi connectivity index (χ3n) is 8.54. The third-order valence-corrected chi connectivity index (χ3v) is 9.43. The maximum absolute atomic E-state index is 14.8. The van der Waals surface area contributed by atoms with Crippen molar-refractivity contribution in [2.45, 2.75) is 17.5 Å². The fraction of sp³-hybridized carbons (Fsp3) is 0.156. The molecule has 1 fully saturated rings. The summed E-state index contributed by atoms with van der Waals surface area (Å²) in [5.74, 6) is -0.751. The van der Waals surface area contributed by atoms with E-state index >= 15 is 0 Å². The highest BCUT2D eigenvalue weighted by molar-refractivity contribution is 7.12. The van der Waals surface area contributed by atoms with E-state index in [0.717, 1.165) is 16.7 Å². The van der Waals surface area contributed by atoms with Crippen LogP contribution < -0.4 is 14.8 Å². The standard InChI is InChI=1S/C32H22N2O5S/c35-28(19-11-12-23-24(16-19)39-17-38-23)26-27(29(36)25-10-5-15-40-25)34-14-13-18-6-1-2-7-20(18)30(34)32(26)21-8-3-4-9-22(21)33-31(32)37/h1-16,26-27,30H,17H2,(H,33,37). The number of ether oxygens (including phenoxy) is 2. The second-order valence-corrected chi connectivity index (χ2v) is 11.3. The fourth-order valence-corrected chi connectivity index (χ4v) is 7.66. The van der Waals surface area contributed by atoms with Gasteiger partial charge in [-0.25, -0.2) is 0 Å². The van der Waals surface area contributed by atoms with Crippen molar-refractivity contribution in [3.8, 4) is 11.5 Å². The minimum absolute atomic E-state index is 0.0764. The lowest BCUT2D eigenvalue weighted by molar-refractivity contribution is -0.122. The summed E-state index contributed by atoms with van der Waals surface area (Å²) in [4.78, 5) is 46.1. The predicted octanol–water partition coefficient (Wildman–Crippen LogP) is 5.46. The molecule has 4 aliphatic rings. The molecule has 4 unspecified atom stereocenters. The second kappa shape index (κ2) is 8.40. The number of hydrogen-bond acceptors (Lipinski definition) is 7. The number of anilines is 1. The average molecular weight is 547 g/mol. The summed E-state index contributed by atoms with van der Waals surface area (Å²) in [6, 6.07) is 22.6. The van der Waals surface area contributed by atoms with E-state index in [1.165, 1.54) is 11.3 Å². The molecule has 8 rings (SSSR count). The summed E-state index contributed by atoms with van der Waals surface area (Å²) in [7, 11) is 0. The Morgan fingerprint density at radius 1 is 0.925 bits per heavy atom. The van der Waals surface area contributed by atoms with Crippen molar-refractivity contribution >= 4 is 40.6 Å². The van der Waals surface area contributed by atoms with Crippen LogP contribution in [0, 0.1) is 5.92 Å². The first kappa shape index (κ1) is 23.2. The molecular weight excluding hydrogens is 524 g/mol. The molecule has 196 valence electrons. The molecule has 8 heteroatoms. The topological polar surface area (TPSA) is 84.9 Å². The van der Waals surface area contributed by atoms with Crippen molar-refractivity contribution < 1.29 is 23.9 Å². The van der Waals surface area contributed by atoms with E-state index in [2.05, 4.69) is 5.32 Å². The number of amides is 1.